The lowest BCUT2D eigenvalue weighted by molar-refractivity contribution is -0.131. The molecule has 2 aromatic heterocycles. The van der Waals surface area contributed by atoms with Crippen molar-refractivity contribution in [1.29, 1.82) is 0 Å². The van der Waals surface area contributed by atoms with Crippen LogP contribution in [0.15, 0.2) is 66.2 Å². The number of aromatic nitrogens is 2. The van der Waals surface area contributed by atoms with Gasteiger partial charge in [0.2, 0.25) is 5.91 Å². The van der Waals surface area contributed by atoms with Crippen molar-refractivity contribution in [3.63, 3.8) is 0 Å². The number of halogens is 2. The van der Waals surface area contributed by atoms with Crippen LogP contribution in [0.2, 0.25) is 5.02 Å². The second kappa shape index (κ2) is 10.5. The van der Waals surface area contributed by atoms with Crippen molar-refractivity contribution in [2.75, 3.05) is 26.8 Å². The van der Waals surface area contributed by atoms with Gasteiger partial charge in [-0.25, -0.2) is 4.98 Å². The Kier molecular flexibility index (Phi) is 7.48. The number of hydrogen-bond donors (Lipinski definition) is 0. The first-order chi connectivity index (χ1) is 15.6. The lowest BCUT2D eigenvalue weighted by Crippen LogP contribution is -2.37. The predicted octanol–water partition coefficient (Wildman–Crippen LogP) is 5.71. The molecule has 0 bridgehead atoms. The topological polar surface area (TPSA) is 46.8 Å². The Balaban J connectivity index is 1.50. The molecular formula is C24H23Cl2N3O2S. The predicted molar refractivity (Wildman–Crippen MR) is 131 cm³/mol. The molecule has 1 amide bonds. The van der Waals surface area contributed by atoms with E-state index >= 15 is 0 Å². The van der Waals surface area contributed by atoms with Crippen LogP contribution in [0.25, 0.3) is 16.2 Å². The summed E-state index contributed by atoms with van der Waals surface area (Å²) in [7, 11) is 1.63. The van der Waals surface area contributed by atoms with E-state index in [4.69, 9.17) is 32.9 Å². The van der Waals surface area contributed by atoms with E-state index in [1.54, 1.807) is 23.3 Å². The van der Waals surface area contributed by atoms with Gasteiger partial charge in [-0.1, -0.05) is 54.1 Å². The van der Waals surface area contributed by atoms with Crippen LogP contribution >= 0.6 is 34.5 Å². The minimum absolute atomic E-state index is 0.117. The van der Waals surface area contributed by atoms with Gasteiger partial charge in [0.1, 0.15) is 5.38 Å². The number of alkyl halides is 1. The Bertz CT molecular complexity index is 1180. The zero-order valence-corrected chi connectivity index (χ0v) is 19.9. The van der Waals surface area contributed by atoms with Gasteiger partial charge in [0.05, 0.1) is 12.3 Å². The molecule has 0 radical (unpaired) electrons. The average Bonchev–Trinajstić information content (AvgIpc) is 3.41. The standard InChI is InChI=1S/C24H23Cl2N3O2S/c1-31-14-13-28(23(30)22(26)18-5-3-2-4-6-18)12-11-20-16-32-24-27-21(15-29(20)24)17-7-9-19(25)10-8-17/h2-10,15-16,22H,11-14H2,1H3. The highest BCUT2D eigenvalue weighted by Crippen LogP contribution is 2.26. The fourth-order valence-corrected chi connectivity index (χ4v) is 4.79. The number of nitrogens with zero attached hydrogens (tertiary/aromatic N) is 3. The van der Waals surface area contributed by atoms with E-state index in [0.717, 1.165) is 27.5 Å². The summed E-state index contributed by atoms with van der Waals surface area (Å²) in [6.07, 6.45) is 2.71. The molecule has 4 aromatic rings. The number of imidazole rings is 1. The van der Waals surface area contributed by atoms with Crippen LogP contribution in [-0.2, 0) is 16.0 Å². The molecule has 0 aliphatic carbocycles. The quantitative estimate of drug-likeness (QED) is 0.284. The molecular weight excluding hydrogens is 465 g/mol. The molecule has 2 heterocycles. The molecule has 32 heavy (non-hydrogen) atoms. The van der Waals surface area contributed by atoms with Gasteiger partial charge in [0, 0.05) is 54.5 Å². The Labute approximate surface area is 201 Å². The van der Waals surface area contributed by atoms with Gasteiger partial charge >= 0.3 is 0 Å². The zero-order chi connectivity index (χ0) is 22.5. The molecule has 0 saturated carbocycles. The number of rotatable bonds is 9. The van der Waals surface area contributed by atoms with Gasteiger partial charge in [-0.3, -0.25) is 9.20 Å². The molecule has 0 aliphatic rings. The summed E-state index contributed by atoms with van der Waals surface area (Å²) in [6.45, 7) is 1.48. The van der Waals surface area contributed by atoms with E-state index in [0.29, 0.717) is 31.1 Å². The molecule has 0 aliphatic heterocycles. The van der Waals surface area contributed by atoms with Gasteiger partial charge in [-0.15, -0.1) is 22.9 Å². The molecule has 0 fully saturated rings. The van der Waals surface area contributed by atoms with Gasteiger partial charge in [0.15, 0.2) is 4.96 Å². The lowest BCUT2D eigenvalue weighted by atomic mass is 10.1. The van der Waals surface area contributed by atoms with Crippen molar-refractivity contribution >= 4 is 45.4 Å². The Hall–Kier alpha value is -2.38. The minimum atomic E-state index is -0.722. The smallest absolute Gasteiger partial charge is 0.245 e. The first-order valence-corrected chi connectivity index (χ1v) is 11.9. The van der Waals surface area contributed by atoms with E-state index < -0.39 is 5.38 Å². The number of benzene rings is 2. The monoisotopic (exact) mass is 487 g/mol. The van der Waals surface area contributed by atoms with E-state index in [9.17, 15) is 4.79 Å². The number of carbonyl (C=O) groups excluding carboxylic acids is 1. The molecule has 1 atom stereocenters. The summed E-state index contributed by atoms with van der Waals surface area (Å²) in [6, 6.07) is 17.1. The number of carbonyl (C=O) groups is 1. The maximum atomic E-state index is 13.1. The summed E-state index contributed by atoms with van der Waals surface area (Å²) in [5.41, 5.74) is 3.80. The maximum absolute atomic E-state index is 13.1. The SMILES string of the molecule is COCCN(CCc1csc2nc(-c3ccc(Cl)cc3)cn12)C(=O)C(Cl)c1ccccc1. The number of amides is 1. The third kappa shape index (κ3) is 5.15. The second-order valence-corrected chi connectivity index (χ2v) is 9.06. The third-order valence-electron chi connectivity index (χ3n) is 5.25. The van der Waals surface area contributed by atoms with Gasteiger partial charge < -0.3 is 9.64 Å². The van der Waals surface area contributed by atoms with Crippen molar-refractivity contribution in [2.45, 2.75) is 11.8 Å². The first-order valence-electron chi connectivity index (χ1n) is 10.2. The summed E-state index contributed by atoms with van der Waals surface area (Å²) >= 11 is 14.1. The van der Waals surface area contributed by atoms with Crippen LogP contribution < -0.4 is 0 Å². The van der Waals surface area contributed by atoms with E-state index in [1.807, 2.05) is 60.8 Å². The average molecular weight is 488 g/mol. The highest BCUT2D eigenvalue weighted by Gasteiger charge is 2.24. The molecule has 8 heteroatoms. The van der Waals surface area contributed by atoms with Crippen LogP contribution in [0.4, 0.5) is 0 Å². The summed E-state index contributed by atoms with van der Waals surface area (Å²) in [5, 5.41) is 2.06. The minimum Gasteiger partial charge on any atom is -0.383 e. The number of hydrogen-bond acceptors (Lipinski definition) is 4. The normalized spacial score (nSPS) is 12.2. The van der Waals surface area contributed by atoms with Gasteiger partial charge in [-0.2, -0.15) is 0 Å². The van der Waals surface area contributed by atoms with E-state index in [1.165, 1.54) is 0 Å². The molecule has 166 valence electrons. The molecule has 5 nitrogen and oxygen atoms in total. The van der Waals surface area contributed by atoms with Crippen molar-refractivity contribution < 1.29 is 9.53 Å². The maximum Gasteiger partial charge on any atom is 0.245 e. The third-order valence-corrected chi connectivity index (χ3v) is 6.83. The molecule has 0 saturated heterocycles. The van der Waals surface area contributed by atoms with E-state index in [2.05, 4.69) is 9.78 Å². The van der Waals surface area contributed by atoms with Gasteiger partial charge in [0.25, 0.3) is 0 Å². The van der Waals surface area contributed by atoms with Crippen molar-refractivity contribution in [3.8, 4) is 11.3 Å². The van der Waals surface area contributed by atoms with Crippen LogP contribution in [-0.4, -0.2) is 47.0 Å². The zero-order valence-electron chi connectivity index (χ0n) is 17.6. The second-order valence-electron chi connectivity index (χ2n) is 7.35. The lowest BCUT2D eigenvalue weighted by Gasteiger charge is -2.25. The molecule has 2 aromatic carbocycles. The fourth-order valence-electron chi connectivity index (χ4n) is 3.48. The summed E-state index contributed by atoms with van der Waals surface area (Å²) < 4.78 is 7.30. The van der Waals surface area contributed by atoms with E-state index in [-0.39, 0.29) is 5.91 Å². The Morgan fingerprint density at radius 2 is 1.91 bits per heavy atom. The Morgan fingerprint density at radius 3 is 2.62 bits per heavy atom. The summed E-state index contributed by atoms with van der Waals surface area (Å²) in [4.78, 5) is 20.5. The van der Waals surface area contributed by atoms with Crippen LogP contribution in [0.5, 0.6) is 0 Å². The summed E-state index contributed by atoms with van der Waals surface area (Å²) in [5.74, 6) is -0.117. The Morgan fingerprint density at radius 1 is 1.16 bits per heavy atom. The van der Waals surface area contributed by atoms with Crippen molar-refractivity contribution in [1.82, 2.24) is 14.3 Å². The van der Waals surface area contributed by atoms with Crippen molar-refractivity contribution in [2.24, 2.45) is 0 Å². The van der Waals surface area contributed by atoms with Crippen LogP contribution in [0.1, 0.15) is 16.6 Å². The molecule has 4 rings (SSSR count). The first kappa shape index (κ1) is 22.8. The van der Waals surface area contributed by atoms with Crippen LogP contribution in [0.3, 0.4) is 0 Å². The molecule has 1 unspecified atom stereocenters. The highest BCUT2D eigenvalue weighted by molar-refractivity contribution is 7.15. The molecule has 0 spiro atoms. The van der Waals surface area contributed by atoms with Gasteiger partial charge in [-0.05, 0) is 17.7 Å². The number of thiazole rings is 1. The van der Waals surface area contributed by atoms with Crippen LogP contribution in [0, 0.1) is 0 Å². The number of ether oxygens (including phenoxy) is 1. The largest absolute Gasteiger partial charge is 0.383 e. The number of methoxy groups -OCH3 is 1. The highest BCUT2D eigenvalue weighted by atomic mass is 35.5. The molecule has 0 N–H and O–H groups in total. The fraction of sp³-hybridized carbons (Fsp3) is 0.250. The van der Waals surface area contributed by atoms with Crippen molar-refractivity contribution in [3.05, 3.63) is 82.5 Å². The number of fused-ring (bicyclic) bond motifs is 1.